The molecule has 1 aliphatic rings. The van der Waals surface area contributed by atoms with Crippen molar-refractivity contribution in [3.8, 4) is 5.69 Å². The van der Waals surface area contributed by atoms with Crippen molar-refractivity contribution < 1.29 is 0 Å². The van der Waals surface area contributed by atoms with Crippen LogP contribution in [0.5, 0.6) is 0 Å². The number of imidazole rings is 1. The molecular weight excluding hydrogens is 238 g/mol. The van der Waals surface area contributed by atoms with E-state index in [2.05, 4.69) is 17.1 Å². The molecule has 19 heavy (non-hydrogen) atoms. The minimum Gasteiger partial charge on any atom is -0.330 e. The highest BCUT2D eigenvalue weighted by Crippen LogP contribution is 2.40. The summed E-state index contributed by atoms with van der Waals surface area (Å²) in [6.45, 7) is 0.705. The first-order valence-electron chi connectivity index (χ1n) is 6.82. The first-order valence-corrected chi connectivity index (χ1v) is 6.82. The zero-order chi connectivity index (χ0) is 13.3. The highest BCUT2D eigenvalue weighted by molar-refractivity contribution is 5.38. The van der Waals surface area contributed by atoms with Gasteiger partial charge in [0, 0.05) is 24.4 Å². The fourth-order valence-electron chi connectivity index (χ4n) is 3.16. The Balaban J connectivity index is 1.95. The lowest BCUT2D eigenvalue weighted by Gasteiger charge is -2.28. The maximum Gasteiger partial charge on any atom is 0.330 e. The van der Waals surface area contributed by atoms with Crippen molar-refractivity contribution in [1.82, 2.24) is 9.55 Å². The molecule has 1 saturated carbocycles. The van der Waals surface area contributed by atoms with Gasteiger partial charge in [-0.25, -0.2) is 4.79 Å². The number of aromatic nitrogens is 2. The Morgan fingerprint density at radius 3 is 2.42 bits per heavy atom. The summed E-state index contributed by atoms with van der Waals surface area (Å²) in [6.07, 6.45) is 8.26. The van der Waals surface area contributed by atoms with Gasteiger partial charge < -0.3 is 10.7 Å². The van der Waals surface area contributed by atoms with Crippen LogP contribution < -0.4 is 11.4 Å². The summed E-state index contributed by atoms with van der Waals surface area (Å²) in [5.74, 6) is 0. The van der Waals surface area contributed by atoms with Gasteiger partial charge in [-0.1, -0.05) is 25.0 Å². The normalized spacial score (nSPS) is 17.7. The van der Waals surface area contributed by atoms with E-state index < -0.39 is 0 Å². The van der Waals surface area contributed by atoms with Crippen molar-refractivity contribution in [2.24, 2.45) is 5.73 Å². The highest BCUT2D eigenvalue weighted by atomic mass is 16.1. The van der Waals surface area contributed by atoms with Gasteiger partial charge in [0.25, 0.3) is 0 Å². The Labute approximate surface area is 112 Å². The predicted octanol–water partition coefficient (Wildman–Crippen LogP) is 1.94. The molecule has 0 unspecified atom stereocenters. The fourth-order valence-corrected chi connectivity index (χ4v) is 3.16. The number of nitrogens with one attached hydrogen (secondary N) is 1. The second-order valence-corrected chi connectivity index (χ2v) is 5.37. The van der Waals surface area contributed by atoms with Crippen molar-refractivity contribution >= 4 is 0 Å². The van der Waals surface area contributed by atoms with E-state index in [0.29, 0.717) is 6.54 Å². The van der Waals surface area contributed by atoms with E-state index in [1.165, 1.54) is 31.2 Å². The third-order valence-electron chi connectivity index (χ3n) is 4.36. The molecule has 0 aliphatic heterocycles. The lowest BCUT2D eigenvalue weighted by atomic mass is 9.79. The van der Waals surface area contributed by atoms with Crippen molar-refractivity contribution in [3.05, 3.63) is 52.7 Å². The number of hydrogen-bond acceptors (Lipinski definition) is 2. The van der Waals surface area contributed by atoms with Crippen LogP contribution in [-0.4, -0.2) is 16.1 Å². The van der Waals surface area contributed by atoms with Gasteiger partial charge in [0.15, 0.2) is 0 Å². The predicted molar refractivity (Wildman–Crippen MR) is 75.6 cm³/mol. The van der Waals surface area contributed by atoms with Gasteiger partial charge in [-0.3, -0.25) is 4.57 Å². The van der Waals surface area contributed by atoms with Crippen LogP contribution in [0.1, 0.15) is 31.2 Å². The molecule has 0 bridgehead atoms. The van der Waals surface area contributed by atoms with Crippen LogP contribution >= 0.6 is 0 Å². The molecular formula is C15H19N3O. The van der Waals surface area contributed by atoms with Gasteiger partial charge in [-0.05, 0) is 30.5 Å². The van der Waals surface area contributed by atoms with Gasteiger partial charge in [0.2, 0.25) is 0 Å². The molecule has 0 atom stereocenters. The van der Waals surface area contributed by atoms with E-state index in [0.717, 1.165) is 5.69 Å². The number of nitrogens with two attached hydrogens (primary N) is 1. The van der Waals surface area contributed by atoms with Gasteiger partial charge in [-0.15, -0.1) is 0 Å². The number of hydrogen-bond donors (Lipinski definition) is 2. The number of rotatable bonds is 3. The van der Waals surface area contributed by atoms with E-state index in [1.54, 1.807) is 17.0 Å². The van der Waals surface area contributed by atoms with Crippen molar-refractivity contribution in [2.75, 3.05) is 6.54 Å². The van der Waals surface area contributed by atoms with Crippen LogP contribution in [0.15, 0.2) is 41.5 Å². The van der Waals surface area contributed by atoms with Crippen molar-refractivity contribution in [2.45, 2.75) is 31.1 Å². The van der Waals surface area contributed by atoms with E-state index in [-0.39, 0.29) is 11.1 Å². The number of benzene rings is 1. The Hall–Kier alpha value is -1.81. The first-order chi connectivity index (χ1) is 9.25. The Morgan fingerprint density at radius 2 is 1.89 bits per heavy atom. The van der Waals surface area contributed by atoms with Crippen molar-refractivity contribution in [1.29, 1.82) is 0 Å². The maximum absolute atomic E-state index is 11.6. The Kier molecular flexibility index (Phi) is 3.03. The molecule has 0 spiro atoms. The molecule has 0 amide bonds. The molecule has 1 aromatic heterocycles. The molecule has 3 rings (SSSR count). The third-order valence-corrected chi connectivity index (χ3v) is 4.36. The highest BCUT2D eigenvalue weighted by Gasteiger charge is 2.33. The molecule has 3 N–H and O–H groups in total. The summed E-state index contributed by atoms with van der Waals surface area (Å²) in [6, 6.07) is 8.24. The summed E-state index contributed by atoms with van der Waals surface area (Å²) < 4.78 is 1.60. The van der Waals surface area contributed by atoms with Crippen LogP contribution in [0.3, 0.4) is 0 Å². The van der Waals surface area contributed by atoms with Crippen LogP contribution in [-0.2, 0) is 5.41 Å². The molecule has 4 nitrogen and oxygen atoms in total. The summed E-state index contributed by atoms with van der Waals surface area (Å²) in [5, 5.41) is 0. The third kappa shape index (κ3) is 2.02. The maximum atomic E-state index is 11.6. The van der Waals surface area contributed by atoms with E-state index >= 15 is 0 Å². The molecule has 2 aromatic rings. The smallest absolute Gasteiger partial charge is 0.330 e. The molecule has 4 heteroatoms. The second kappa shape index (κ2) is 4.70. The molecule has 1 heterocycles. The zero-order valence-corrected chi connectivity index (χ0v) is 10.9. The first kappa shape index (κ1) is 12.2. The molecule has 0 radical (unpaired) electrons. The van der Waals surface area contributed by atoms with E-state index in [1.807, 2.05) is 12.1 Å². The van der Waals surface area contributed by atoms with Gasteiger partial charge in [0.05, 0.1) is 5.69 Å². The second-order valence-electron chi connectivity index (χ2n) is 5.37. The number of H-pyrrole nitrogens is 1. The average molecular weight is 257 g/mol. The SMILES string of the molecule is NCC1(c2ccc(-n3cc[nH]c3=O)cc2)CCCC1. The Morgan fingerprint density at radius 1 is 1.21 bits per heavy atom. The number of aromatic amines is 1. The van der Waals surface area contributed by atoms with Crippen LogP contribution in [0.25, 0.3) is 5.69 Å². The fraction of sp³-hybridized carbons (Fsp3) is 0.400. The lowest BCUT2D eigenvalue weighted by Crippen LogP contribution is -2.31. The van der Waals surface area contributed by atoms with E-state index in [4.69, 9.17) is 5.73 Å². The van der Waals surface area contributed by atoms with Crippen LogP contribution in [0.2, 0.25) is 0 Å². The molecule has 1 aliphatic carbocycles. The van der Waals surface area contributed by atoms with E-state index in [9.17, 15) is 4.79 Å². The van der Waals surface area contributed by atoms with Gasteiger partial charge in [-0.2, -0.15) is 0 Å². The topological polar surface area (TPSA) is 63.8 Å². The standard InChI is InChI=1S/C15H19N3O/c16-11-15(7-1-2-8-15)12-3-5-13(6-4-12)18-10-9-17-14(18)19/h3-6,9-10H,1-2,7-8,11,16H2,(H,17,19). The molecule has 100 valence electrons. The Bertz CT molecular complexity index is 603. The van der Waals surface area contributed by atoms with Gasteiger partial charge >= 0.3 is 5.69 Å². The quantitative estimate of drug-likeness (QED) is 0.882. The van der Waals surface area contributed by atoms with Crippen LogP contribution in [0, 0.1) is 0 Å². The van der Waals surface area contributed by atoms with Crippen molar-refractivity contribution in [3.63, 3.8) is 0 Å². The van der Waals surface area contributed by atoms with Crippen LogP contribution in [0.4, 0.5) is 0 Å². The summed E-state index contributed by atoms with van der Waals surface area (Å²) in [5.41, 5.74) is 8.24. The summed E-state index contributed by atoms with van der Waals surface area (Å²) in [7, 11) is 0. The molecule has 0 saturated heterocycles. The minimum absolute atomic E-state index is 0.109. The minimum atomic E-state index is -0.109. The molecule has 1 fully saturated rings. The summed E-state index contributed by atoms with van der Waals surface area (Å²) in [4.78, 5) is 14.2. The summed E-state index contributed by atoms with van der Waals surface area (Å²) >= 11 is 0. The molecule has 1 aromatic carbocycles. The van der Waals surface area contributed by atoms with Gasteiger partial charge in [0.1, 0.15) is 0 Å². The monoisotopic (exact) mass is 257 g/mol. The average Bonchev–Trinajstić information content (AvgIpc) is 3.08. The largest absolute Gasteiger partial charge is 0.330 e. The number of nitrogens with zero attached hydrogens (tertiary/aromatic N) is 1. The zero-order valence-electron chi connectivity index (χ0n) is 10.9. The lowest BCUT2D eigenvalue weighted by molar-refractivity contribution is 0.453.